The Balaban J connectivity index is 2.10. The maximum Gasteiger partial charge on any atom is 0.205 e. The van der Waals surface area contributed by atoms with Gasteiger partial charge in [0.1, 0.15) is 11.3 Å². The van der Waals surface area contributed by atoms with E-state index in [0.29, 0.717) is 17.7 Å². The Morgan fingerprint density at radius 1 is 1.31 bits per heavy atom. The number of aryl methyl sites for hydroxylation is 2. The van der Waals surface area contributed by atoms with Crippen LogP contribution in [0.5, 0.6) is 0 Å². The van der Waals surface area contributed by atoms with E-state index in [2.05, 4.69) is 15.5 Å². The third-order valence-corrected chi connectivity index (χ3v) is 2.95. The summed E-state index contributed by atoms with van der Waals surface area (Å²) in [5.41, 5.74) is 4.07. The molecule has 0 aliphatic carbocycles. The number of rotatable bonds is 3. The third kappa shape index (κ3) is 2.36. The minimum atomic E-state index is -0.125. The number of benzene rings is 1. The van der Waals surface area contributed by atoms with Gasteiger partial charge < -0.3 is 5.32 Å². The Labute approximate surface area is 97.3 Å². The summed E-state index contributed by atoms with van der Waals surface area (Å²) < 4.78 is 13.4. The highest BCUT2D eigenvalue weighted by Gasteiger charge is 2.04. The lowest BCUT2D eigenvalue weighted by atomic mass is 10.1. The molecule has 0 radical (unpaired) electrons. The molecule has 1 aromatic heterocycles. The molecule has 3 nitrogen and oxygen atoms in total. The molecule has 0 atom stereocenters. The van der Waals surface area contributed by atoms with E-state index in [4.69, 9.17) is 0 Å². The molecule has 0 aliphatic rings. The molecule has 0 unspecified atom stereocenters. The summed E-state index contributed by atoms with van der Waals surface area (Å²) in [5.74, 6) is -0.125. The number of nitrogens with one attached hydrogen (secondary N) is 1. The van der Waals surface area contributed by atoms with Crippen molar-refractivity contribution in [3.63, 3.8) is 0 Å². The van der Waals surface area contributed by atoms with Gasteiger partial charge in [-0.3, -0.25) is 0 Å². The first-order valence-corrected chi connectivity index (χ1v) is 5.80. The first kappa shape index (κ1) is 11.0. The van der Waals surface area contributed by atoms with E-state index >= 15 is 0 Å². The van der Waals surface area contributed by atoms with Gasteiger partial charge in [0, 0.05) is 6.54 Å². The summed E-state index contributed by atoms with van der Waals surface area (Å²) in [7, 11) is 0. The van der Waals surface area contributed by atoms with Gasteiger partial charge in [0.05, 0.1) is 0 Å². The van der Waals surface area contributed by atoms with Gasteiger partial charge in [0.2, 0.25) is 5.13 Å². The Bertz CT molecular complexity index is 459. The number of anilines is 1. The van der Waals surface area contributed by atoms with Crippen LogP contribution in [0, 0.1) is 19.7 Å². The van der Waals surface area contributed by atoms with Gasteiger partial charge in [-0.15, -0.1) is 10.2 Å². The summed E-state index contributed by atoms with van der Waals surface area (Å²) in [6.07, 6.45) is 0. The average Bonchev–Trinajstić information content (AvgIpc) is 2.75. The molecule has 1 aromatic carbocycles. The second kappa shape index (κ2) is 4.57. The molecule has 0 aliphatic heterocycles. The van der Waals surface area contributed by atoms with Crippen LogP contribution in [-0.4, -0.2) is 10.2 Å². The molecule has 0 spiro atoms. The fourth-order valence-corrected chi connectivity index (χ4v) is 2.01. The van der Waals surface area contributed by atoms with Crippen LogP contribution in [0.2, 0.25) is 0 Å². The normalized spacial score (nSPS) is 10.4. The molecule has 1 N–H and O–H groups in total. The van der Waals surface area contributed by atoms with Crippen molar-refractivity contribution < 1.29 is 4.39 Å². The minimum absolute atomic E-state index is 0.125. The van der Waals surface area contributed by atoms with Crippen molar-refractivity contribution in [1.82, 2.24) is 10.2 Å². The maximum absolute atomic E-state index is 13.4. The lowest BCUT2D eigenvalue weighted by molar-refractivity contribution is 0.608. The van der Waals surface area contributed by atoms with Gasteiger partial charge in [-0.05, 0) is 30.5 Å². The smallest absolute Gasteiger partial charge is 0.205 e. The molecular weight excluding hydrogens is 225 g/mol. The van der Waals surface area contributed by atoms with Crippen LogP contribution < -0.4 is 5.32 Å². The average molecular weight is 237 g/mol. The SMILES string of the molecule is Cc1cc(CNc2nncs2)cc(C)c1F. The van der Waals surface area contributed by atoms with Gasteiger partial charge in [-0.2, -0.15) is 0 Å². The van der Waals surface area contributed by atoms with Crippen molar-refractivity contribution in [2.24, 2.45) is 0 Å². The van der Waals surface area contributed by atoms with Gasteiger partial charge in [0.25, 0.3) is 0 Å². The highest BCUT2D eigenvalue weighted by molar-refractivity contribution is 7.13. The summed E-state index contributed by atoms with van der Waals surface area (Å²) in [6, 6.07) is 3.69. The van der Waals surface area contributed by atoms with E-state index in [-0.39, 0.29) is 5.82 Å². The van der Waals surface area contributed by atoms with Crippen molar-refractivity contribution in [1.29, 1.82) is 0 Å². The summed E-state index contributed by atoms with van der Waals surface area (Å²) in [5, 5.41) is 11.5. The van der Waals surface area contributed by atoms with Crippen molar-refractivity contribution in [2.75, 3.05) is 5.32 Å². The van der Waals surface area contributed by atoms with Crippen LogP contribution in [0.25, 0.3) is 0 Å². The molecule has 0 saturated carbocycles. The Hall–Kier alpha value is -1.49. The van der Waals surface area contributed by atoms with Crippen LogP contribution in [-0.2, 0) is 6.54 Å². The monoisotopic (exact) mass is 237 g/mol. The largest absolute Gasteiger partial charge is 0.356 e. The molecule has 0 fully saturated rings. The zero-order valence-corrected chi connectivity index (χ0v) is 9.94. The number of aromatic nitrogens is 2. The quantitative estimate of drug-likeness (QED) is 0.892. The topological polar surface area (TPSA) is 37.8 Å². The standard InChI is InChI=1S/C11H12FN3S/c1-7-3-9(4-8(2)10(7)12)5-13-11-15-14-6-16-11/h3-4,6H,5H2,1-2H3,(H,13,15). The Morgan fingerprint density at radius 3 is 2.56 bits per heavy atom. The van der Waals surface area contributed by atoms with Gasteiger partial charge >= 0.3 is 0 Å². The molecule has 2 aromatic rings. The summed E-state index contributed by atoms with van der Waals surface area (Å²) >= 11 is 1.45. The van der Waals surface area contributed by atoms with Crippen LogP contribution in [0.1, 0.15) is 16.7 Å². The van der Waals surface area contributed by atoms with E-state index in [1.165, 1.54) is 11.3 Å². The number of nitrogens with zero attached hydrogens (tertiary/aromatic N) is 2. The second-order valence-corrected chi connectivity index (χ2v) is 4.47. The highest BCUT2D eigenvalue weighted by Crippen LogP contribution is 2.16. The lowest BCUT2D eigenvalue weighted by Gasteiger charge is -2.07. The second-order valence-electron chi connectivity index (χ2n) is 3.64. The van der Waals surface area contributed by atoms with Gasteiger partial charge in [-0.25, -0.2) is 4.39 Å². The van der Waals surface area contributed by atoms with E-state index in [0.717, 1.165) is 10.7 Å². The van der Waals surface area contributed by atoms with Crippen molar-refractivity contribution in [3.05, 3.63) is 40.2 Å². The van der Waals surface area contributed by atoms with E-state index in [1.54, 1.807) is 19.4 Å². The van der Waals surface area contributed by atoms with E-state index in [1.807, 2.05) is 12.1 Å². The molecule has 84 valence electrons. The maximum atomic E-state index is 13.4. The van der Waals surface area contributed by atoms with Gasteiger partial charge in [0.15, 0.2) is 0 Å². The third-order valence-electron chi connectivity index (χ3n) is 2.30. The minimum Gasteiger partial charge on any atom is -0.356 e. The van der Waals surface area contributed by atoms with E-state index in [9.17, 15) is 4.39 Å². The highest BCUT2D eigenvalue weighted by atomic mass is 32.1. The predicted molar refractivity (Wildman–Crippen MR) is 63.1 cm³/mol. The first-order valence-electron chi connectivity index (χ1n) is 4.92. The summed E-state index contributed by atoms with van der Waals surface area (Å²) in [4.78, 5) is 0. The summed E-state index contributed by atoms with van der Waals surface area (Å²) in [6.45, 7) is 4.19. The Morgan fingerprint density at radius 2 is 2.00 bits per heavy atom. The number of hydrogen-bond donors (Lipinski definition) is 1. The first-order chi connectivity index (χ1) is 7.66. The van der Waals surface area contributed by atoms with Crippen LogP contribution in [0.4, 0.5) is 9.52 Å². The molecule has 1 heterocycles. The zero-order valence-electron chi connectivity index (χ0n) is 9.12. The van der Waals surface area contributed by atoms with Crippen molar-refractivity contribution >= 4 is 16.5 Å². The fourth-order valence-electron chi connectivity index (χ4n) is 1.57. The Kier molecular flexibility index (Phi) is 3.14. The molecule has 0 bridgehead atoms. The molecule has 0 amide bonds. The molecule has 0 saturated heterocycles. The van der Waals surface area contributed by atoms with E-state index < -0.39 is 0 Å². The van der Waals surface area contributed by atoms with Crippen molar-refractivity contribution in [3.8, 4) is 0 Å². The van der Waals surface area contributed by atoms with Gasteiger partial charge in [-0.1, -0.05) is 23.5 Å². The number of halogens is 1. The molecule has 5 heteroatoms. The predicted octanol–water partition coefficient (Wildman–Crippen LogP) is 2.91. The molecular formula is C11H12FN3S. The number of hydrogen-bond acceptors (Lipinski definition) is 4. The van der Waals surface area contributed by atoms with Crippen LogP contribution in [0.15, 0.2) is 17.6 Å². The molecule has 16 heavy (non-hydrogen) atoms. The molecule has 2 rings (SSSR count). The van der Waals surface area contributed by atoms with Crippen LogP contribution >= 0.6 is 11.3 Å². The van der Waals surface area contributed by atoms with Crippen LogP contribution in [0.3, 0.4) is 0 Å². The fraction of sp³-hybridized carbons (Fsp3) is 0.273. The zero-order chi connectivity index (χ0) is 11.5. The lowest BCUT2D eigenvalue weighted by Crippen LogP contribution is -2.01. The van der Waals surface area contributed by atoms with Crippen molar-refractivity contribution in [2.45, 2.75) is 20.4 Å².